The second-order valence-electron chi connectivity index (χ2n) is 7.59. The van der Waals surface area contributed by atoms with Crippen LogP contribution in [0.4, 0.5) is 39.9 Å². The third-order valence-corrected chi connectivity index (χ3v) is 5.92. The van der Waals surface area contributed by atoms with E-state index in [4.69, 9.17) is 11.6 Å². The Morgan fingerprint density at radius 2 is 1.75 bits per heavy atom. The molecule has 1 heterocycles. The van der Waals surface area contributed by atoms with Crippen LogP contribution in [0.25, 0.3) is 0 Å². The van der Waals surface area contributed by atoms with E-state index in [0.29, 0.717) is 0 Å². The number of carbonyl (C=O) groups excluding carboxylic acids is 2. The van der Waals surface area contributed by atoms with E-state index in [1.165, 1.54) is 0 Å². The quantitative estimate of drug-likeness (QED) is 0.487. The first-order chi connectivity index (χ1) is 14.7. The Kier molecular flexibility index (Phi) is 6.51. The van der Waals surface area contributed by atoms with Gasteiger partial charge in [-0.25, -0.2) is 13.6 Å². The molecule has 2 N–H and O–H groups in total. The van der Waals surface area contributed by atoms with Crippen molar-refractivity contribution < 1.29 is 44.7 Å². The highest BCUT2D eigenvalue weighted by atomic mass is 35.5. The van der Waals surface area contributed by atoms with E-state index in [0.717, 1.165) is 12.1 Å². The van der Waals surface area contributed by atoms with Gasteiger partial charge < -0.3 is 15.5 Å². The highest BCUT2D eigenvalue weighted by Crippen LogP contribution is 2.50. The Hall–Kier alpha value is -2.31. The average molecular weight is 494 g/mol. The van der Waals surface area contributed by atoms with E-state index >= 15 is 0 Å². The molecule has 2 fully saturated rings. The summed E-state index contributed by atoms with van der Waals surface area (Å²) in [6, 6.07) is -4.21. The lowest BCUT2D eigenvalue weighted by atomic mass is 9.69. The maximum atomic E-state index is 14.6. The molecule has 14 heteroatoms. The molecular weight excluding hydrogens is 478 g/mol. The number of urea groups is 1. The third kappa shape index (κ3) is 4.71. The number of carbonyl (C=O) groups is 2. The number of benzene rings is 1. The summed E-state index contributed by atoms with van der Waals surface area (Å²) >= 11 is 5.53. The van der Waals surface area contributed by atoms with Gasteiger partial charge in [0.05, 0.1) is 12.0 Å². The molecule has 1 aliphatic heterocycles. The monoisotopic (exact) mass is 493 g/mol. The van der Waals surface area contributed by atoms with Crippen molar-refractivity contribution in [1.82, 2.24) is 15.5 Å². The van der Waals surface area contributed by atoms with Crippen LogP contribution in [0.3, 0.4) is 0 Å². The number of amides is 3. The first kappa shape index (κ1) is 24.3. The van der Waals surface area contributed by atoms with E-state index in [9.17, 15) is 44.7 Å². The summed E-state index contributed by atoms with van der Waals surface area (Å²) in [4.78, 5) is 24.5. The van der Waals surface area contributed by atoms with Crippen molar-refractivity contribution in [2.75, 3.05) is 13.1 Å². The molecule has 1 saturated carbocycles. The lowest BCUT2D eigenvalue weighted by molar-refractivity contribution is -0.207. The smallest absolute Gasteiger partial charge is 0.352 e. The first-order valence-electron chi connectivity index (χ1n) is 9.33. The standard InChI is InChI=1S/C18H16ClF8N3O2/c19-11-10(20)2-1-9(12(11)21)13(7-5-8(6-7)17(22,23)24)29-16(32)30-4-3-28-15(31)14(30)18(25,26)27/h1-2,7-8,13-14H,3-6H2,(H,28,31)(H,29,32)/t7?,8?,13-,14+/m0/s1. The van der Waals surface area contributed by atoms with Gasteiger partial charge in [0.2, 0.25) is 6.04 Å². The normalized spacial score (nSPS) is 25.1. The van der Waals surface area contributed by atoms with Gasteiger partial charge in [-0.1, -0.05) is 17.7 Å². The van der Waals surface area contributed by atoms with Crippen LogP contribution < -0.4 is 10.6 Å². The van der Waals surface area contributed by atoms with Crippen molar-refractivity contribution in [3.63, 3.8) is 0 Å². The van der Waals surface area contributed by atoms with Crippen LogP contribution in [0.15, 0.2) is 12.1 Å². The molecule has 0 bridgehead atoms. The van der Waals surface area contributed by atoms with Crippen molar-refractivity contribution in [2.45, 2.75) is 37.3 Å². The molecule has 2 aliphatic rings. The van der Waals surface area contributed by atoms with Crippen LogP contribution in [0, 0.1) is 23.5 Å². The van der Waals surface area contributed by atoms with Crippen LogP contribution in [-0.2, 0) is 4.79 Å². The van der Waals surface area contributed by atoms with E-state index in [1.807, 2.05) is 5.32 Å². The lowest BCUT2D eigenvalue weighted by Crippen LogP contribution is -2.65. The summed E-state index contributed by atoms with van der Waals surface area (Å²) in [5.41, 5.74) is -0.472. The molecule has 32 heavy (non-hydrogen) atoms. The molecule has 178 valence electrons. The average Bonchev–Trinajstić information content (AvgIpc) is 2.62. The highest BCUT2D eigenvalue weighted by Gasteiger charge is 2.54. The second kappa shape index (κ2) is 8.56. The summed E-state index contributed by atoms with van der Waals surface area (Å²) in [7, 11) is 0. The van der Waals surface area contributed by atoms with E-state index in [-0.39, 0.29) is 11.4 Å². The summed E-state index contributed by atoms with van der Waals surface area (Å²) in [6.45, 7) is -0.837. The summed E-state index contributed by atoms with van der Waals surface area (Å²) < 4.78 is 107. The molecule has 1 saturated heterocycles. The number of hydrogen-bond acceptors (Lipinski definition) is 2. The van der Waals surface area contributed by atoms with E-state index < -0.39 is 89.8 Å². The minimum Gasteiger partial charge on any atom is -0.352 e. The van der Waals surface area contributed by atoms with Crippen molar-refractivity contribution in [2.24, 2.45) is 11.8 Å². The van der Waals surface area contributed by atoms with Crippen molar-refractivity contribution in [3.05, 3.63) is 34.4 Å². The first-order valence-corrected chi connectivity index (χ1v) is 9.71. The largest absolute Gasteiger partial charge is 0.418 e. The lowest BCUT2D eigenvalue weighted by Gasteiger charge is -2.43. The minimum absolute atomic E-state index is 0.175. The molecular formula is C18H16ClF8N3O2. The summed E-state index contributed by atoms with van der Waals surface area (Å²) in [6.07, 6.45) is -10.7. The minimum atomic E-state index is -5.13. The second-order valence-corrected chi connectivity index (χ2v) is 7.97. The fourth-order valence-electron chi connectivity index (χ4n) is 3.86. The van der Waals surface area contributed by atoms with Crippen LogP contribution in [0.5, 0.6) is 0 Å². The van der Waals surface area contributed by atoms with Gasteiger partial charge in [-0.2, -0.15) is 26.3 Å². The van der Waals surface area contributed by atoms with Crippen LogP contribution in [0.1, 0.15) is 24.4 Å². The van der Waals surface area contributed by atoms with Gasteiger partial charge in [0.1, 0.15) is 16.7 Å². The number of nitrogens with one attached hydrogen (secondary N) is 2. The fraction of sp³-hybridized carbons (Fsp3) is 0.556. The van der Waals surface area contributed by atoms with Crippen molar-refractivity contribution in [3.8, 4) is 0 Å². The number of piperazine rings is 1. The number of nitrogens with zero attached hydrogens (tertiary/aromatic N) is 1. The van der Waals surface area contributed by atoms with Crippen molar-refractivity contribution >= 4 is 23.5 Å². The fourth-order valence-corrected chi connectivity index (χ4v) is 4.03. The SMILES string of the molecule is O=C1NCCN(C(=O)N[C@H](c2ccc(F)c(Cl)c2F)C2CC(C(F)(F)F)C2)[C@H]1C(F)(F)F. The number of halogens is 9. The topological polar surface area (TPSA) is 61.4 Å². The summed E-state index contributed by atoms with van der Waals surface area (Å²) in [5.74, 6) is -6.74. The molecule has 3 rings (SSSR count). The van der Waals surface area contributed by atoms with Gasteiger partial charge in [-0.3, -0.25) is 4.79 Å². The zero-order valence-electron chi connectivity index (χ0n) is 16.0. The predicted molar refractivity (Wildman–Crippen MR) is 94.5 cm³/mol. The van der Waals surface area contributed by atoms with Gasteiger partial charge in [-0.05, 0) is 24.8 Å². The Morgan fingerprint density at radius 1 is 1.12 bits per heavy atom. The predicted octanol–water partition coefficient (Wildman–Crippen LogP) is 4.32. The zero-order valence-corrected chi connectivity index (χ0v) is 16.7. The molecule has 5 nitrogen and oxygen atoms in total. The molecule has 1 aromatic carbocycles. The molecule has 0 aromatic heterocycles. The van der Waals surface area contributed by atoms with Crippen LogP contribution in [0.2, 0.25) is 5.02 Å². The Bertz CT molecular complexity index is 901. The third-order valence-electron chi connectivity index (χ3n) is 5.57. The zero-order chi connectivity index (χ0) is 24.0. The van der Waals surface area contributed by atoms with Gasteiger partial charge in [0.25, 0.3) is 5.91 Å². The molecule has 0 radical (unpaired) electrons. The molecule has 0 spiro atoms. The molecule has 3 amide bonds. The Morgan fingerprint density at radius 3 is 2.31 bits per heavy atom. The van der Waals surface area contributed by atoms with E-state index in [1.54, 1.807) is 0 Å². The van der Waals surface area contributed by atoms with Gasteiger partial charge in [0, 0.05) is 18.7 Å². The number of hydrogen-bond donors (Lipinski definition) is 2. The van der Waals surface area contributed by atoms with Gasteiger partial charge in [-0.15, -0.1) is 0 Å². The van der Waals surface area contributed by atoms with Gasteiger partial charge >= 0.3 is 18.4 Å². The number of rotatable bonds is 3. The maximum Gasteiger partial charge on any atom is 0.418 e. The maximum absolute atomic E-state index is 14.6. The molecule has 1 aromatic rings. The molecule has 1 aliphatic carbocycles. The van der Waals surface area contributed by atoms with Gasteiger partial charge in [0.15, 0.2) is 0 Å². The molecule has 0 unspecified atom stereocenters. The van der Waals surface area contributed by atoms with Crippen molar-refractivity contribution in [1.29, 1.82) is 0 Å². The van der Waals surface area contributed by atoms with Crippen LogP contribution in [-0.4, -0.2) is 48.3 Å². The number of alkyl halides is 6. The van der Waals surface area contributed by atoms with Crippen LogP contribution >= 0.6 is 11.6 Å². The molecule has 2 atom stereocenters. The Labute approximate surface area is 181 Å². The summed E-state index contributed by atoms with van der Waals surface area (Å²) in [5, 5.41) is 3.11. The van der Waals surface area contributed by atoms with E-state index in [2.05, 4.69) is 5.32 Å². The highest BCUT2D eigenvalue weighted by molar-refractivity contribution is 6.31. The Balaban J connectivity index is 1.90.